The maximum Gasteiger partial charge on any atom is 0.0595 e. The second kappa shape index (κ2) is 5.57. The highest BCUT2D eigenvalue weighted by molar-refractivity contribution is 6.42. The lowest BCUT2D eigenvalue weighted by Gasteiger charge is -2.20. The van der Waals surface area contributed by atoms with E-state index in [0.29, 0.717) is 22.1 Å². The highest BCUT2D eigenvalue weighted by Gasteiger charge is 2.21. The third kappa shape index (κ3) is 3.35. The molecule has 1 aliphatic heterocycles. The zero-order valence-electron chi connectivity index (χ0n) is 10.2. The van der Waals surface area contributed by atoms with Crippen LogP contribution in [0.4, 0.5) is 0 Å². The van der Waals surface area contributed by atoms with Gasteiger partial charge in [-0.15, -0.1) is 0 Å². The lowest BCUT2D eigenvalue weighted by atomic mass is 10.1. The molecule has 0 radical (unpaired) electrons. The van der Waals surface area contributed by atoms with Crippen LogP contribution in [0.5, 0.6) is 0 Å². The van der Waals surface area contributed by atoms with E-state index in [0.717, 1.165) is 6.54 Å². The molecule has 1 fully saturated rings. The minimum atomic E-state index is 0.307. The van der Waals surface area contributed by atoms with Crippen molar-refractivity contribution in [2.24, 2.45) is 0 Å². The molecule has 4 heteroatoms. The molecule has 0 aliphatic carbocycles. The van der Waals surface area contributed by atoms with Crippen molar-refractivity contribution in [2.75, 3.05) is 20.1 Å². The van der Waals surface area contributed by atoms with Gasteiger partial charge in [0.15, 0.2) is 0 Å². The second-order valence-corrected chi connectivity index (χ2v) is 5.62. The van der Waals surface area contributed by atoms with Crippen LogP contribution >= 0.6 is 23.2 Å². The summed E-state index contributed by atoms with van der Waals surface area (Å²) in [5, 5.41) is 4.87. The summed E-state index contributed by atoms with van der Waals surface area (Å²) in [5.74, 6) is 0. The van der Waals surface area contributed by atoms with Gasteiger partial charge in [0.25, 0.3) is 0 Å². The number of benzene rings is 1. The largest absolute Gasteiger partial charge is 0.306 e. The third-order valence-corrected chi connectivity index (χ3v) is 4.06. The Hall–Kier alpha value is -0.280. The smallest absolute Gasteiger partial charge is 0.0595 e. The van der Waals surface area contributed by atoms with Gasteiger partial charge in [0.1, 0.15) is 0 Å². The Labute approximate surface area is 113 Å². The summed E-state index contributed by atoms with van der Waals surface area (Å²) in [6.07, 6.45) is 1.21. The Bertz CT molecular complexity index is 395. The summed E-state index contributed by atoms with van der Waals surface area (Å²) in [7, 11) is 2.16. The molecule has 0 bridgehead atoms. The van der Waals surface area contributed by atoms with Crippen molar-refractivity contribution in [1.82, 2.24) is 10.2 Å². The lowest BCUT2D eigenvalue weighted by molar-refractivity contribution is 0.387. The zero-order chi connectivity index (χ0) is 12.4. The van der Waals surface area contributed by atoms with Crippen molar-refractivity contribution in [3.05, 3.63) is 33.8 Å². The summed E-state index contributed by atoms with van der Waals surface area (Å²) in [6, 6.07) is 6.72. The molecule has 1 saturated heterocycles. The van der Waals surface area contributed by atoms with Crippen LogP contribution in [0.2, 0.25) is 10.0 Å². The third-order valence-electron chi connectivity index (χ3n) is 3.32. The molecule has 1 heterocycles. The molecule has 0 saturated carbocycles. The Morgan fingerprint density at radius 2 is 2.12 bits per heavy atom. The van der Waals surface area contributed by atoms with Crippen LogP contribution in [-0.2, 0) is 0 Å². The van der Waals surface area contributed by atoms with Gasteiger partial charge in [-0.25, -0.2) is 0 Å². The molecule has 1 aromatic rings. The quantitative estimate of drug-likeness (QED) is 0.908. The number of hydrogen-bond acceptors (Lipinski definition) is 2. The predicted molar refractivity (Wildman–Crippen MR) is 73.9 cm³/mol. The molecule has 0 amide bonds. The Kier molecular flexibility index (Phi) is 4.31. The Morgan fingerprint density at radius 1 is 1.35 bits per heavy atom. The maximum atomic E-state index is 6.03. The summed E-state index contributed by atoms with van der Waals surface area (Å²) in [4.78, 5) is 2.35. The number of likely N-dealkylation sites (N-methyl/N-ethyl adjacent to an activating group) is 1. The van der Waals surface area contributed by atoms with E-state index in [1.165, 1.54) is 18.5 Å². The average Bonchev–Trinajstić information content (AvgIpc) is 2.68. The van der Waals surface area contributed by atoms with Crippen LogP contribution in [-0.4, -0.2) is 31.1 Å². The molecular weight excluding hydrogens is 255 g/mol. The molecule has 94 valence electrons. The Morgan fingerprint density at radius 3 is 2.71 bits per heavy atom. The van der Waals surface area contributed by atoms with Crippen LogP contribution in [0.15, 0.2) is 18.2 Å². The summed E-state index contributed by atoms with van der Waals surface area (Å²) < 4.78 is 0. The van der Waals surface area contributed by atoms with Crippen LogP contribution in [0.25, 0.3) is 0 Å². The number of rotatable bonds is 3. The van der Waals surface area contributed by atoms with E-state index in [2.05, 4.69) is 24.2 Å². The van der Waals surface area contributed by atoms with E-state index in [4.69, 9.17) is 23.2 Å². The molecule has 2 rings (SSSR count). The van der Waals surface area contributed by atoms with Crippen LogP contribution < -0.4 is 5.32 Å². The van der Waals surface area contributed by atoms with Crippen LogP contribution in [0, 0.1) is 0 Å². The van der Waals surface area contributed by atoms with E-state index in [1.807, 2.05) is 18.2 Å². The predicted octanol–water partition coefficient (Wildman–Crippen LogP) is 3.35. The minimum Gasteiger partial charge on any atom is -0.306 e. The molecule has 0 aromatic heterocycles. The van der Waals surface area contributed by atoms with E-state index in [1.54, 1.807) is 0 Å². The first-order valence-corrected chi connectivity index (χ1v) is 6.71. The van der Waals surface area contributed by atoms with Crippen molar-refractivity contribution >= 4 is 23.2 Å². The van der Waals surface area contributed by atoms with E-state index < -0.39 is 0 Å². The highest BCUT2D eigenvalue weighted by Crippen LogP contribution is 2.26. The average molecular weight is 273 g/mol. The first-order chi connectivity index (χ1) is 8.06. The molecule has 1 aromatic carbocycles. The van der Waals surface area contributed by atoms with Crippen molar-refractivity contribution in [3.8, 4) is 0 Å². The molecule has 1 N–H and O–H groups in total. The van der Waals surface area contributed by atoms with Crippen molar-refractivity contribution < 1.29 is 0 Å². The van der Waals surface area contributed by atoms with Gasteiger partial charge >= 0.3 is 0 Å². The first-order valence-electron chi connectivity index (χ1n) is 5.96. The zero-order valence-corrected chi connectivity index (χ0v) is 11.7. The SMILES string of the molecule is CC(NC1CCN(C)C1)c1ccc(Cl)c(Cl)c1. The van der Waals surface area contributed by atoms with Crippen LogP contribution in [0.3, 0.4) is 0 Å². The molecular formula is C13H18Cl2N2. The number of nitrogens with one attached hydrogen (secondary N) is 1. The number of hydrogen-bond donors (Lipinski definition) is 1. The molecule has 17 heavy (non-hydrogen) atoms. The van der Waals surface area contributed by atoms with E-state index in [-0.39, 0.29) is 0 Å². The molecule has 1 aliphatic rings. The normalized spacial score (nSPS) is 22.9. The summed E-state index contributed by atoms with van der Waals surface area (Å²) >= 11 is 11.9. The van der Waals surface area contributed by atoms with Gasteiger partial charge < -0.3 is 10.2 Å². The minimum absolute atomic E-state index is 0.307. The maximum absolute atomic E-state index is 6.03. The van der Waals surface area contributed by atoms with Crippen molar-refractivity contribution in [3.63, 3.8) is 0 Å². The molecule has 2 nitrogen and oxygen atoms in total. The van der Waals surface area contributed by atoms with Gasteiger partial charge in [0.2, 0.25) is 0 Å². The first kappa shape index (κ1) is 13.2. The van der Waals surface area contributed by atoms with Crippen molar-refractivity contribution in [1.29, 1.82) is 0 Å². The van der Waals surface area contributed by atoms with Gasteiger partial charge in [0.05, 0.1) is 10.0 Å². The topological polar surface area (TPSA) is 15.3 Å². The van der Waals surface area contributed by atoms with Gasteiger partial charge in [-0.2, -0.15) is 0 Å². The van der Waals surface area contributed by atoms with Gasteiger partial charge in [-0.05, 0) is 44.6 Å². The summed E-state index contributed by atoms with van der Waals surface area (Å²) in [6.45, 7) is 4.45. The molecule has 2 unspecified atom stereocenters. The summed E-state index contributed by atoms with van der Waals surface area (Å²) in [5.41, 5.74) is 1.19. The van der Waals surface area contributed by atoms with Gasteiger partial charge in [0, 0.05) is 18.6 Å². The van der Waals surface area contributed by atoms with E-state index in [9.17, 15) is 0 Å². The Balaban J connectivity index is 1.99. The van der Waals surface area contributed by atoms with Crippen molar-refractivity contribution in [2.45, 2.75) is 25.4 Å². The fourth-order valence-corrected chi connectivity index (χ4v) is 2.61. The fraction of sp³-hybridized carbons (Fsp3) is 0.538. The number of nitrogens with zero attached hydrogens (tertiary/aromatic N) is 1. The van der Waals surface area contributed by atoms with E-state index >= 15 is 0 Å². The molecule has 2 atom stereocenters. The monoisotopic (exact) mass is 272 g/mol. The standard InChI is InChI=1S/C13H18Cl2N2/c1-9(16-11-5-6-17(2)8-11)10-3-4-12(14)13(15)7-10/h3-4,7,9,11,16H,5-6,8H2,1-2H3. The van der Waals surface area contributed by atoms with Gasteiger partial charge in [-0.3, -0.25) is 0 Å². The number of halogens is 2. The van der Waals surface area contributed by atoms with Crippen LogP contribution in [0.1, 0.15) is 24.9 Å². The number of likely N-dealkylation sites (tertiary alicyclic amines) is 1. The highest BCUT2D eigenvalue weighted by atomic mass is 35.5. The lowest BCUT2D eigenvalue weighted by Crippen LogP contribution is -2.33. The molecule has 0 spiro atoms. The fourth-order valence-electron chi connectivity index (χ4n) is 2.30. The van der Waals surface area contributed by atoms with Gasteiger partial charge in [-0.1, -0.05) is 29.3 Å². The second-order valence-electron chi connectivity index (χ2n) is 4.81.